The molecule has 37 heavy (non-hydrogen) atoms. The van der Waals surface area contributed by atoms with Crippen molar-refractivity contribution < 1.29 is 34.0 Å². The SMILES string of the molecule is CC(=O)O[C@@H](C)C(=O)Nc1cccc([C@@H]2O[C@H](CN3CC[C@H](O)C3)[C@H](C)[C@H](c3ccc(CO)cc3)O2)c1. The van der Waals surface area contributed by atoms with Gasteiger partial charge in [0.2, 0.25) is 0 Å². The van der Waals surface area contributed by atoms with E-state index in [2.05, 4.69) is 17.1 Å². The number of β-amino-alcohol motifs (C(OH)–C–C–N with tert-alkyl or cyclic N) is 1. The summed E-state index contributed by atoms with van der Waals surface area (Å²) < 4.78 is 17.9. The third-order valence-electron chi connectivity index (χ3n) is 6.95. The maximum Gasteiger partial charge on any atom is 0.303 e. The maximum atomic E-state index is 12.4. The van der Waals surface area contributed by atoms with E-state index in [-0.39, 0.29) is 30.8 Å². The lowest BCUT2D eigenvalue weighted by Gasteiger charge is -2.42. The number of amides is 1. The number of anilines is 1. The van der Waals surface area contributed by atoms with Crippen molar-refractivity contribution in [2.24, 2.45) is 5.92 Å². The second kappa shape index (κ2) is 12.1. The third-order valence-corrected chi connectivity index (χ3v) is 6.95. The normalized spacial score (nSPS) is 27.0. The van der Waals surface area contributed by atoms with Crippen LogP contribution in [0.15, 0.2) is 48.5 Å². The number of hydrogen-bond donors (Lipinski definition) is 3. The first-order valence-electron chi connectivity index (χ1n) is 12.7. The van der Waals surface area contributed by atoms with Gasteiger partial charge in [-0.15, -0.1) is 0 Å². The van der Waals surface area contributed by atoms with Crippen molar-refractivity contribution in [1.82, 2.24) is 4.90 Å². The number of likely N-dealkylation sites (tertiary alicyclic amines) is 1. The van der Waals surface area contributed by atoms with Gasteiger partial charge in [-0.3, -0.25) is 14.5 Å². The quantitative estimate of drug-likeness (QED) is 0.462. The number of aliphatic hydroxyl groups is 2. The van der Waals surface area contributed by atoms with Gasteiger partial charge in [-0.25, -0.2) is 0 Å². The van der Waals surface area contributed by atoms with Crippen molar-refractivity contribution >= 4 is 17.6 Å². The van der Waals surface area contributed by atoms with E-state index < -0.39 is 24.3 Å². The summed E-state index contributed by atoms with van der Waals surface area (Å²) in [5.41, 5.74) is 3.10. The Morgan fingerprint density at radius 2 is 1.92 bits per heavy atom. The monoisotopic (exact) mass is 512 g/mol. The molecule has 0 saturated carbocycles. The average molecular weight is 513 g/mol. The molecule has 0 aromatic heterocycles. The van der Waals surface area contributed by atoms with E-state index >= 15 is 0 Å². The molecule has 9 heteroatoms. The number of esters is 1. The van der Waals surface area contributed by atoms with Crippen LogP contribution in [0.5, 0.6) is 0 Å². The maximum absolute atomic E-state index is 12.4. The Morgan fingerprint density at radius 3 is 2.57 bits per heavy atom. The fraction of sp³-hybridized carbons (Fsp3) is 0.500. The van der Waals surface area contributed by atoms with Crippen molar-refractivity contribution in [3.63, 3.8) is 0 Å². The summed E-state index contributed by atoms with van der Waals surface area (Å²) in [7, 11) is 0. The fourth-order valence-corrected chi connectivity index (χ4v) is 4.87. The number of rotatable bonds is 8. The second-order valence-electron chi connectivity index (χ2n) is 9.89. The average Bonchev–Trinajstić information content (AvgIpc) is 3.29. The smallest absolute Gasteiger partial charge is 0.303 e. The molecule has 0 aliphatic carbocycles. The Morgan fingerprint density at radius 1 is 1.16 bits per heavy atom. The summed E-state index contributed by atoms with van der Waals surface area (Å²) in [6.45, 7) is 6.96. The van der Waals surface area contributed by atoms with Gasteiger partial charge in [-0.05, 0) is 36.6 Å². The predicted molar refractivity (Wildman–Crippen MR) is 136 cm³/mol. The molecule has 0 bridgehead atoms. The Balaban J connectivity index is 1.55. The van der Waals surface area contributed by atoms with Crippen molar-refractivity contribution in [2.75, 3.05) is 25.0 Å². The number of ether oxygens (including phenoxy) is 3. The minimum absolute atomic E-state index is 0.0262. The second-order valence-corrected chi connectivity index (χ2v) is 9.89. The van der Waals surface area contributed by atoms with Crippen LogP contribution in [0.3, 0.4) is 0 Å². The first kappa shape index (κ1) is 27.2. The highest BCUT2D eigenvalue weighted by Gasteiger charge is 2.40. The van der Waals surface area contributed by atoms with Gasteiger partial charge in [-0.1, -0.05) is 43.3 Å². The van der Waals surface area contributed by atoms with Crippen molar-refractivity contribution in [1.29, 1.82) is 0 Å². The van der Waals surface area contributed by atoms with E-state index in [1.165, 1.54) is 13.8 Å². The van der Waals surface area contributed by atoms with E-state index in [4.69, 9.17) is 14.2 Å². The number of aliphatic hydroxyl groups excluding tert-OH is 2. The van der Waals surface area contributed by atoms with E-state index in [9.17, 15) is 19.8 Å². The minimum Gasteiger partial charge on any atom is -0.453 e. The molecule has 0 radical (unpaired) electrons. The molecule has 6 atom stereocenters. The van der Waals surface area contributed by atoms with E-state index in [1.54, 1.807) is 12.1 Å². The van der Waals surface area contributed by atoms with Crippen LogP contribution in [-0.4, -0.2) is 64.9 Å². The number of nitrogens with zero attached hydrogens (tertiary/aromatic N) is 1. The number of carbonyl (C=O) groups is 2. The molecule has 0 unspecified atom stereocenters. The van der Waals surface area contributed by atoms with Gasteiger partial charge in [-0.2, -0.15) is 0 Å². The van der Waals surface area contributed by atoms with E-state index in [0.29, 0.717) is 18.8 Å². The third kappa shape index (κ3) is 6.94. The zero-order valence-corrected chi connectivity index (χ0v) is 21.5. The lowest BCUT2D eigenvalue weighted by molar-refractivity contribution is -0.276. The number of nitrogens with one attached hydrogen (secondary N) is 1. The summed E-state index contributed by atoms with van der Waals surface area (Å²) in [5, 5.41) is 22.2. The van der Waals surface area contributed by atoms with Crippen LogP contribution in [0, 0.1) is 5.92 Å². The predicted octanol–water partition coefficient (Wildman–Crippen LogP) is 2.93. The summed E-state index contributed by atoms with van der Waals surface area (Å²) >= 11 is 0. The Kier molecular flexibility index (Phi) is 8.94. The molecule has 9 nitrogen and oxygen atoms in total. The first-order chi connectivity index (χ1) is 17.7. The van der Waals surface area contributed by atoms with Crippen LogP contribution in [-0.2, 0) is 30.4 Å². The topological polar surface area (TPSA) is 118 Å². The summed E-state index contributed by atoms with van der Waals surface area (Å²) in [6.07, 6.45) is -1.59. The molecule has 1 amide bonds. The molecule has 2 aliphatic rings. The van der Waals surface area contributed by atoms with Gasteiger partial charge in [0.1, 0.15) is 0 Å². The van der Waals surface area contributed by atoms with E-state index in [0.717, 1.165) is 29.7 Å². The van der Waals surface area contributed by atoms with Gasteiger partial charge in [0.25, 0.3) is 5.91 Å². The van der Waals surface area contributed by atoms with Crippen LogP contribution >= 0.6 is 0 Å². The first-order valence-corrected chi connectivity index (χ1v) is 12.7. The lowest BCUT2D eigenvalue weighted by Crippen LogP contribution is -2.44. The van der Waals surface area contributed by atoms with Crippen LogP contribution < -0.4 is 5.32 Å². The molecule has 2 fully saturated rings. The van der Waals surface area contributed by atoms with Gasteiger partial charge in [0, 0.05) is 43.7 Å². The molecular weight excluding hydrogens is 476 g/mol. The molecule has 200 valence electrons. The highest BCUT2D eigenvalue weighted by molar-refractivity contribution is 5.95. The Bertz CT molecular complexity index is 1080. The standard InChI is InChI=1S/C28H36N2O7/c1-17-25(15-30-12-11-24(33)14-30)36-28(37-26(17)21-9-7-20(16-31)8-10-21)22-5-4-6-23(13-22)29-27(34)18(2)35-19(3)32/h4-10,13,17-18,24-26,28,31,33H,11-12,14-16H2,1-3H3,(H,29,34)/t17-,18-,24-,25+,26+,28+/m0/s1. The molecule has 2 aromatic rings. The van der Waals surface area contributed by atoms with Crippen LogP contribution in [0.1, 0.15) is 56.3 Å². The van der Waals surface area contributed by atoms with Gasteiger partial charge in [0.05, 0.1) is 24.9 Å². The number of benzene rings is 2. The summed E-state index contributed by atoms with van der Waals surface area (Å²) in [4.78, 5) is 25.8. The molecule has 2 heterocycles. The molecule has 4 rings (SSSR count). The summed E-state index contributed by atoms with van der Waals surface area (Å²) in [6, 6.07) is 15.0. The molecule has 0 spiro atoms. The molecule has 3 N–H and O–H groups in total. The van der Waals surface area contributed by atoms with Crippen molar-refractivity contribution in [3.8, 4) is 0 Å². The highest BCUT2D eigenvalue weighted by atomic mass is 16.7. The minimum atomic E-state index is -0.921. The highest BCUT2D eigenvalue weighted by Crippen LogP contribution is 2.42. The van der Waals surface area contributed by atoms with Crippen LogP contribution in [0.2, 0.25) is 0 Å². The number of hydrogen-bond acceptors (Lipinski definition) is 8. The van der Waals surface area contributed by atoms with Gasteiger partial charge < -0.3 is 29.7 Å². The molecule has 2 saturated heterocycles. The lowest BCUT2D eigenvalue weighted by atomic mass is 9.90. The fourth-order valence-electron chi connectivity index (χ4n) is 4.87. The Hall–Kier alpha value is -2.82. The summed E-state index contributed by atoms with van der Waals surface area (Å²) in [5.74, 6) is -0.927. The molecule has 2 aromatic carbocycles. The zero-order valence-electron chi connectivity index (χ0n) is 21.5. The molecular formula is C28H36N2O7. The van der Waals surface area contributed by atoms with Crippen molar-refractivity contribution in [3.05, 3.63) is 65.2 Å². The van der Waals surface area contributed by atoms with Crippen LogP contribution in [0.25, 0.3) is 0 Å². The van der Waals surface area contributed by atoms with Gasteiger partial charge in [0.15, 0.2) is 12.4 Å². The van der Waals surface area contributed by atoms with Gasteiger partial charge >= 0.3 is 5.97 Å². The Labute approximate surface area is 217 Å². The van der Waals surface area contributed by atoms with Crippen molar-refractivity contribution in [2.45, 2.75) is 64.5 Å². The largest absolute Gasteiger partial charge is 0.453 e. The number of carbonyl (C=O) groups excluding carboxylic acids is 2. The molecule has 2 aliphatic heterocycles. The zero-order chi connectivity index (χ0) is 26.5. The van der Waals surface area contributed by atoms with E-state index in [1.807, 2.05) is 36.4 Å². The van der Waals surface area contributed by atoms with Crippen LogP contribution in [0.4, 0.5) is 5.69 Å².